The normalized spacial score (nSPS) is 12.0. The molecule has 1 rings (SSSR count). The van der Waals surface area contributed by atoms with Crippen LogP contribution in [0.1, 0.15) is 5.69 Å². The number of nitrogens with zero attached hydrogens (tertiary/aromatic N) is 3. The highest BCUT2D eigenvalue weighted by atomic mass is 28.3. The van der Waals surface area contributed by atoms with Crippen LogP contribution in [0.15, 0.2) is 6.20 Å². The van der Waals surface area contributed by atoms with Crippen molar-refractivity contribution in [3.8, 4) is 0 Å². The van der Waals surface area contributed by atoms with E-state index >= 15 is 0 Å². The van der Waals surface area contributed by atoms with Gasteiger partial charge in [-0.2, -0.15) is 0 Å². The number of nitrogens with two attached hydrogens (primary N) is 1. The minimum atomic E-state index is -0.998. The third kappa shape index (κ3) is 4.87. The van der Waals surface area contributed by atoms with E-state index in [2.05, 4.69) is 30.0 Å². The van der Waals surface area contributed by atoms with E-state index < -0.39 is 8.07 Å². The van der Waals surface area contributed by atoms with Gasteiger partial charge in [0.25, 0.3) is 0 Å². The van der Waals surface area contributed by atoms with E-state index in [0.717, 1.165) is 18.7 Å². The van der Waals surface area contributed by atoms with E-state index in [-0.39, 0.29) is 0 Å². The topological polar surface area (TPSA) is 66.0 Å². The van der Waals surface area contributed by atoms with Crippen molar-refractivity contribution >= 4 is 8.07 Å². The second-order valence-electron chi connectivity index (χ2n) is 5.11. The number of ether oxygens (including phenoxy) is 1. The Balaban J connectivity index is 2.29. The maximum atomic E-state index is 5.60. The van der Waals surface area contributed by atoms with Gasteiger partial charge in [0.1, 0.15) is 6.73 Å². The highest BCUT2D eigenvalue weighted by Crippen LogP contribution is 2.08. The fourth-order valence-electron chi connectivity index (χ4n) is 1.26. The second kappa shape index (κ2) is 6.12. The molecule has 1 aromatic heterocycles. The summed E-state index contributed by atoms with van der Waals surface area (Å²) >= 11 is 0. The molecule has 0 fully saturated rings. The SMILES string of the molecule is C[Si](C)(C)CCOCn1nncc1CCN. The fraction of sp³-hybridized carbons (Fsp3) is 0.800. The molecular formula is C10H22N4OSi. The van der Waals surface area contributed by atoms with Crippen molar-refractivity contribution in [2.45, 2.75) is 38.8 Å². The molecule has 0 radical (unpaired) electrons. The number of hydrogen-bond donors (Lipinski definition) is 1. The molecule has 5 nitrogen and oxygen atoms in total. The Bertz CT molecular complexity index is 308. The van der Waals surface area contributed by atoms with E-state index in [1.54, 1.807) is 10.9 Å². The molecule has 0 amide bonds. The molecule has 0 spiro atoms. The third-order valence-corrected chi connectivity index (χ3v) is 4.01. The first-order chi connectivity index (χ1) is 7.53. The van der Waals surface area contributed by atoms with Gasteiger partial charge in [-0.25, -0.2) is 4.68 Å². The minimum absolute atomic E-state index is 0.486. The van der Waals surface area contributed by atoms with Crippen molar-refractivity contribution in [2.75, 3.05) is 13.2 Å². The quantitative estimate of drug-likeness (QED) is 0.574. The Morgan fingerprint density at radius 3 is 2.81 bits per heavy atom. The zero-order valence-electron chi connectivity index (χ0n) is 10.4. The van der Waals surface area contributed by atoms with Crippen LogP contribution in [-0.4, -0.2) is 36.2 Å². The van der Waals surface area contributed by atoms with Crippen molar-refractivity contribution in [3.05, 3.63) is 11.9 Å². The molecule has 0 atom stereocenters. The summed E-state index contributed by atoms with van der Waals surface area (Å²) in [6.07, 6.45) is 2.54. The Hall–Kier alpha value is -0.723. The summed E-state index contributed by atoms with van der Waals surface area (Å²) < 4.78 is 7.37. The molecule has 0 saturated carbocycles. The predicted molar refractivity (Wildman–Crippen MR) is 66.9 cm³/mol. The van der Waals surface area contributed by atoms with E-state index in [1.165, 1.54) is 6.04 Å². The van der Waals surface area contributed by atoms with Gasteiger partial charge in [-0.1, -0.05) is 24.9 Å². The van der Waals surface area contributed by atoms with Crippen molar-refractivity contribution in [3.63, 3.8) is 0 Å². The molecule has 1 heterocycles. The molecule has 0 aliphatic rings. The second-order valence-corrected chi connectivity index (χ2v) is 10.7. The van der Waals surface area contributed by atoms with Gasteiger partial charge in [0, 0.05) is 21.1 Å². The molecule has 0 aliphatic carbocycles. The lowest BCUT2D eigenvalue weighted by Crippen LogP contribution is -2.22. The van der Waals surface area contributed by atoms with E-state index in [9.17, 15) is 0 Å². The van der Waals surface area contributed by atoms with Crippen LogP contribution in [0.2, 0.25) is 25.7 Å². The molecule has 0 aliphatic heterocycles. The van der Waals surface area contributed by atoms with Crippen LogP contribution in [0, 0.1) is 0 Å². The lowest BCUT2D eigenvalue weighted by molar-refractivity contribution is 0.0752. The van der Waals surface area contributed by atoms with Crippen LogP contribution in [0.25, 0.3) is 0 Å². The first-order valence-electron chi connectivity index (χ1n) is 5.68. The van der Waals surface area contributed by atoms with Gasteiger partial charge in [0.2, 0.25) is 0 Å². The van der Waals surface area contributed by atoms with Crippen molar-refractivity contribution in [1.29, 1.82) is 0 Å². The lowest BCUT2D eigenvalue weighted by atomic mass is 10.3. The van der Waals surface area contributed by atoms with Crippen LogP contribution in [-0.2, 0) is 17.9 Å². The van der Waals surface area contributed by atoms with Crippen molar-refractivity contribution in [1.82, 2.24) is 15.0 Å². The van der Waals surface area contributed by atoms with E-state index in [0.29, 0.717) is 13.3 Å². The molecule has 0 unspecified atom stereocenters. The number of aromatic nitrogens is 3. The summed E-state index contributed by atoms with van der Waals surface area (Å²) in [7, 11) is -0.998. The minimum Gasteiger partial charge on any atom is -0.359 e. The Morgan fingerprint density at radius 1 is 1.44 bits per heavy atom. The Morgan fingerprint density at radius 2 is 2.19 bits per heavy atom. The van der Waals surface area contributed by atoms with Crippen molar-refractivity contribution in [2.24, 2.45) is 5.73 Å². The van der Waals surface area contributed by atoms with Gasteiger partial charge in [-0.15, -0.1) is 5.10 Å². The molecule has 1 aromatic rings. The highest BCUT2D eigenvalue weighted by Gasteiger charge is 2.12. The summed E-state index contributed by atoms with van der Waals surface area (Å²) in [5.74, 6) is 0. The van der Waals surface area contributed by atoms with Crippen LogP contribution in [0.5, 0.6) is 0 Å². The largest absolute Gasteiger partial charge is 0.359 e. The summed E-state index contributed by atoms with van der Waals surface area (Å²) in [6, 6.07) is 1.17. The number of hydrogen-bond acceptors (Lipinski definition) is 4. The van der Waals surface area contributed by atoms with Crippen LogP contribution in [0.4, 0.5) is 0 Å². The smallest absolute Gasteiger partial charge is 0.141 e. The average Bonchev–Trinajstić information content (AvgIpc) is 2.60. The third-order valence-electron chi connectivity index (χ3n) is 2.31. The highest BCUT2D eigenvalue weighted by molar-refractivity contribution is 6.76. The molecule has 16 heavy (non-hydrogen) atoms. The maximum Gasteiger partial charge on any atom is 0.141 e. The summed E-state index contributed by atoms with van der Waals surface area (Å²) in [5, 5.41) is 7.82. The van der Waals surface area contributed by atoms with Crippen molar-refractivity contribution < 1.29 is 4.74 Å². The van der Waals surface area contributed by atoms with Crippen LogP contribution < -0.4 is 5.73 Å². The molecule has 0 saturated heterocycles. The number of rotatable bonds is 7. The molecule has 92 valence electrons. The summed E-state index contributed by atoms with van der Waals surface area (Å²) in [6.45, 7) is 8.92. The van der Waals surface area contributed by atoms with Gasteiger partial charge in [0.15, 0.2) is 0 Å². The molecular weight excluding hydrogens is 220 g/mol. The van der Waals surface area contributed by atoms with Crippen LogP contribution in [0.3, 0.4) is 0 Å². The first-order valence-corrected chi connectivity index (χ1v) is 9.39. The van der Waals surface area contributed by atoms with Gasteiger partial charge in [0.05, 0.1) is 11.9 Å². The first kappa shape index (κ1) is 13.3. The zero-order valence-corrected chi connectivity index (χ0v) is 11.4. The Kier molecular flexibility index (Phi) is 5.10. The van der Waals surface area contributed by atoms with Crippen LogP contribution >= 0.6 is 0 Å². The van der Waals surface area contributed by atoms with Gasteiger partial charge >= 0.3 is 0 Å². The van der Waals surface area contributed by atoms with Gasteiger partial charge in [-0.05, 0) is 12.6 Å². The summed E-state index contributed by atoms with van der Waals surface area (Å²) in [5.41, 5.74) is 6.53. The molecule has 0 aromatic carbocycles. The molecule has 2 N–H and O–H groups in total. The predicted octanol–water partition coefficient (Wildman–Crippen LogP) is 1.09. The Labute approximate surface area is 98.0 Å². The summed E-state index contributed by atoms with van der Waals surface area (Å²) in [4.78, 5) is 0. The molecule has 6 heteroatoms. The molecule has 0 bridgehead atoms. The van der Waals surface area contributed by atoms with Gasteiger partial charge < -0.3 is 10.5 Å². The maximum absolute atomic E-state index is 5.60. The average molecular weight is 242 g/mol. The fourth-order valence-corrected chi connectivity index (χ4v) is 2.02. The zero-order chi connectivity index (χ0) is 12.0. The monoisotopic (exact) mass is 242 g/mol. The lowest BCUT2D eigenvalue weighted by Gasteiger charge is -2.15. The van der Waals surface area contributed by atoms with Gasteiger partial charge in [-0.3, -0.25) is 0 Å². The van der Waals surface area contributed by atoms with E-state index in [1.807, 2.05) is 0 Å². The van der Waals surface area contributed by atoms with E-state index in [4.69, 9.17) is 10.5 Å². The standard InChI is InChI=1S/C10H22N4OSi/c1-16(2,3)7-6-15-9-14-10(4-5-11)8-12-13-14/h8H,4-7,9,11H2,1-3H3.